The summed E-state index contributed by atoms with van der Waals surface area (Å²) in [5.74, 6) is -1.19. The van der Waals surface area contributed by atoms with Crippen molar-refractivity contribution in [2.24, 2.45) is 5.41 Å². The van der Waals surface area contributed by atoms with Gasteiger partial charge in [0.25, 0.3) is 0 Å². The van der Waals surface area contributed by atoms with Crippen LogP contribution in [0.15, 0.2) is 11.6 Å². The molecule has 0 bridgehead atoms. The predicted molar refractivity (Wildman–Crippen MR) is 69.9 cm³/mol. The van der Waals surface area contributed by atoms with Crippen LogP contribution in [0.3, 0.4) is 0 Å². The number of ether oxygens (including phenoxy) is 3. The molecule has 0 aromatic rings. The van der Waals surface area contributed by atoms with Gasteiger partial charge in [0.1, 0.15) is 0 Å². The van der Waals surface area contributed by atoms with Crippen molar-refractivity contribution < 1.29 is 23.8 Å². The molecule has 3 rings (SSSR count). The van der Waals surface area contributed by atoms with Crippen molar-refractivity contribution in [2.75, 3.05) is 13.2 Å². The largest absolute Gasteiger partial charge is 0.456 e. The SMILES string of the molecule is CC(=O)O[C@H]1[C@]2(CCCCO2)OCC2=CC(=O)C[C@@]21C. The summed E-state index contributed by atoms with van der Waals surface area (Å²) in [5.41, 5.74) is 0.409. The van der Waals surface area contributed by atoms with Gasteiger partial charge < -0.3 is 14.2 Å². The highest BCUT2D eigenvalue weighted by Gasteiger charge is 2.60. The van der Waals surface area contributed by atoms with E-state index >= 15 is 0 Å². The summed E-state index contributed by atoms with van der Waals surface area (Å²) in [6, 6.07) is 0. The smallest absolute Gasteiger partial charge is 0.303 e. The molecule has 2 aliphatic heterocycles. The number of esters is 1. The summed E-state index contributed by atoms with van der Waals surface area (Å²) in [6.07, 6.45) is 4.08. The third-order valence-electron chi connectivity index (χ3n) is 4.61. The molecule has 5 nitrogen and oxygen atoms in total. The summed E-state index contributed by atoms with van der Waals surface area (Å²) < 4.78 is 17.4. The second-order valence-electron chi connectivity index (χ2n) is 6.13. The van der Waals surface area contributed by atoms with Gasteiger partial charge >= 0.3 is 5.97 Å². The first-order valence-electron chi connectivity index (χ1n) is 7.15. The quantitative estimate of drug-likeness (QED) is 0.685. The monoisotopic (exact) mass is 280 g/mol. The fourth-order valence-electron chi connectivity index (χ4n) is 3.61. The Kier molecular flexibility index (Phi) is 3.21. The topological polar surface area (TPSA) is 61.8 Å². The van der Waals surface area contributed by atoms with Crippen molar-refractivity contribution in [2.45, 2.75) is 51.4 Å². The van der Waals surface area contributed by atoms with E-state index < -0.39 is 17.3 Å². The first-order chi connectivity index (χ1) is 9.46. The molecule has 5 heteroatoms. The minimum absolute atomic E-state index is 0.0658. The molecule has 110 valence electrons. The molecule has 0 N–H and O–H groups in total. The van der Waals surface area contributed by atoms with Gasteiger partial charge in [-0.05, 0) is 24.5 Å². The highest BCUT2D eigenvalue weighted by Crippen LogP contribution is 2.52. The molecule has 0 amide bonds. The van der Waals surface area contributed by atoms with Crippen molar-refractivity contribution in [1.29, 1.82) is 0 Å². The molecule has 0 aromatic heterocycles. The van der Waals surface area contributed by atoms with Crippen LogP contribution in [0, 0.1) is 5.41 Å². The predicted octanol–water partition coefficient (Wildman–Crippen LogP) is 1.75. The van der Waals surface area contributed by atoms with Crippen molar-refractivity contribution in [3.05, 3.63) is 11.6 Å². The van der Waals surface area contributed by atoms with E-state index in [0.29, 0.717) is 26.1 Å². The van der Waals surface area contributed by atoms with Gasteiger partial charge in [-0.15, -0.1) is 0 Å². The number of allylic oxidation sites excluding steroid dienone is 1. The summed E-state index contributed by atoms with van der Waals surface area (Å²) in [6.45, 7) is 4.33. The number of hydrogen-bond donors (Lipinski definition) is 0. The van der Waals surface area contributed by atoms with Crippen molar-refractivity contribution >= 4 is 11.8 Å². The maximum Gasteiger partial charge on any atom is 0.303 e. The van der Waals surface area contributed by atoms with Gasteiger partial charge in [0.05, 0.1) is 13.2 Å². The highest BCUT2D eigenvalue weighted by atomic mass is 16.7. The second-order valence-corrected chi connectivity index (χ2v) is 6.13. The van der Waals surface area contributed by atoms with Crippen molar-refractivity contribution in [1.82, 2.24) is 0 Å². The highest BCUT2D eigenvalue weighted by molar-refractivity contribution is 5.94. The van der Waals surface area contributed by atoms with E-state index in [0.717, 1.165) is 18.4 Å². The van der Waals surface area contributed by atoms with Crippen LogP contribution in [0.25, 0.3) is 0 Å². The zero-order valence-corrected chi connectivity index (χ0v) is 11.9. The van der Waals surface area contributed by atoms with E-state index in [4.69, 9.17) is 14.2 Å². The van der Waals surface area contributed by atoms with Gasteiger partial charge in [-0.25, -0.2) is 0 Å². The number of carbonyl (C=O) groups is 2. The Bertz CT molecular complexity index is 475. The molecule has 2 heterocycles. The normalized spacial score (nSPS) is 40.4. The lowest BCUT2D eigenvalue weighted by atomic mass is 9.71. The van der Waals surface area contributed by atoms with Crippen LogP contribution in [-0.4, -0.2) is 36.9 Å². The molecule has 0 aromatic carbocycles. The van der Waals surface area contributed by atoms with E-state index in [1.807, 2.05) is 6.92 Å². The summed E-state index contributed by atoms with van der Waals surface area (Å²) in [5, 5.41) is 0. The standard InChI is InChI=1S/C15H20O5/c1-10(16)20-13-14(2)8-12(17)7-11(14)9-19-15(13)5-3-4-6-18-15/h7,13H,3-6,8-9H2,1-2H3/t13-,14+,15+/m1/s1. The lowest BCUT2D eigenvalue weighted by Gasteiger charge is -2.52. The van der Waals surface area contributed by atoms with Crippen molar-refractivity contribution in [3.63, 3.8) is 0 Å². The second kappa shape index (κ2) is 4.67. The third-order valence-corrected chi connectivity index (χ3v) is 4.61. The van der Waals surface area contributed by atoms with E-state index in [9.17, 15) is 9.59 Å². The van der Waals surface area contributed by atoms with E-state index in [-0.39, 0.29) is 11.8 Å². The van der Waals surface area contributed by atoms with E-state index in [2.05, 4.69) is 0 Å². The fourth-order valence-corrected chi connectivity index (χ4v) is 3.61. The molecule has 1 spiro atoms. The summed E-state index contributed by atoms with van der Waals surface area (Å²) >= 11 is 0. The Morgan fingerprint density at radius 3 is 2.85 bits per heavy atom. The van der Waals surface area contributed by atoms with Gasteiger partial charge in [0.15, 0.2) is 11.9 Å². The molecule has 0 radical (unpaired) electrons. The average Bonchev–Trinajstić information content (AvgIpc) is 2.70. The average molecular weight is 280 g/mol. The van der Waals surface area contributed by atoms with Gasteiger partial charge in [0.2, 0.25) is 5.79 Å². The Hall–Kier alpha value is -1.20. The maximum atomic E-state index is 11.8. The van der Waals surface area contributed by atoms with E-state index in [1.165, 1.54) is 6.92 Å². The van der Waals surface area contributed by atoms with Crippen LogP contribution in [0.4, 0.5) is 0 Å². The van der Waals surface area contributed by atoms with Crippen LogP contribution in [0.1, 0.15) is 39.5 Å². The lowest BCUT2D eigenvalue weighted by molar-refractivity contribution is -0.328. The van der Waals surface area contributed by atoms with Crippen LogP contribution in [0.5, 0.6) is 0 Å². The zero-order valence-electron chi connectivity index (χ0n) is 11.9. The molecular weight excluding hydrogens is 260 g/mol. The van der Waals surface area contributed by atoms with Crippen LogP contribution in [0.2, 0.25) is 0 Å². The summed E-state index contributed by atoms with van der Waals surface area (Å²) in [7, 11) is 0. The van der Waals surface area contributed by atoms with Gasteiger partial charge in [0, 0.05) is 25.2 Å². The molecule has 1 aliphatic carbocycles. The lowest BCUT2D eigenvalue weighted by Crippen LogP contribution is -2.61. The molecule has 0 saturated carbocycles. The van der Waals surface area contributed by atoms with Crippen LogP contribution < -0.4 is 0 Å². The first kappa shape index (κ1) is 13.8. The molecule has 2 fully saturated rings. The number of fused-ring (bicyclic) bond motifs is 1. The van der Waals surface area contributed by atoms with Gasteiger partial charge in [-0.3, -0.25) is 9.59 Å². The molecule has 2 saturated heterocycles. The Morgan fingerprint density at radius 1 is 1.40 bits per heavy atom. The first-order valence-corrected chi connectivity index (χ1v) is 7.15. The number of ketones is 1. The third kappa shape index (κ3) is 2.00. The molecule has 3 atom stereocenters. The Balaban J connectivity index is 1.99. The number of carbonyl (C=O) groups excluding carboxylic acids is 2. The zero-order chi connectivity index (χ0) is 14.4. The van der Waals surface area contributed by atoms with Crippen LogP contribution in [-0.2, 0) is 23.8 Å². The summed E-state index contributed by atoms with van der Waals surface area (Å²) in [4.78, 5) is 23.3. The fraction of sp³-hybridized carbons (Fsp3) is 0.733. The minimum Gasteiger partial charge on any atom is -0.456 e. The maximum absolute atomic E-state index is 11.8. The van der Waals surface area contributed by atoms with Gasteiger partial charge in [-0.2, -0.15) is 0 Å². The Morgan fingerprint density at radius 2 is 2.20 bits per heavy atom. The molecule has 0 unspecified atom stereocenters. The van der Waals surface area contributed by atoms with Crippen molar-refractivity contribution in [3.8, 4) is 0 Å². The van der Waals surface area contributed by atoms with Crippen LogP contribution >= 0.6 is 0 Å². The Labute approximate surface area is 118 Å². The molecular formula is C15H20O5. The molecule has 3 aliphatic rings. The van der Waals surface area contributed by atoms with E-state index in [1.54, 1.807) is 6.08 Å². The van der Waals surface area contributed by atoms with Gasteiger partial charge in [-0.1, -0.05) is 6.92 Å². The minimum atomic E-state index is -0.888. The number of hydrogen-bond acceptors (Lipinski definition) is 5. The molecule has 20 heavy (non-hydrogen) atoms. The number of rotatable bonds is 1.